The van der Waals surface area contributed by atoms with Gasteiger partial charge >= 0.3 is 5.69 Å². The van der Waals surface area contributed by atoms with Gasteiger partial charge in [-0.05, 0) is 37.3 Å². The van der Waals surface area contributed by atoms with Crippen molar-refractivity contribution in [1.82, 2.24) is 9.13 Å². The molecular weight excluding hydrogens is 288 g/mol. The Labute approximate surface area is 139 Å². The van der Waals surface area contributed by atoms with Crippen molar-refractivity contribution in [3.63, 3.8) is 0 Å². The molecule has 1 heterocycles. The highest BCUT2D eigenvalue weighted by Gasteiger charge is 2.19. The summed E-state index contributed by atoms with van der Waals surface area (Å²) < 4.78 is 9.06. The van der Waals surface area contributed by atoms with Gasteiger partial charge in [0.1, 0.15) is 0 Å². The molecule has 128 valence electrons. The molecule has 23 heavy (non-hydrogen) atoms. The Bertz CT molecular complexity index is 670. The van der Waals surface area contributed by atoms with Crippen molar-refractivity contribution in [2.45, 2.75) is 59.0 Å². The van der Waals surface area contributed by atoms with E-state index in [1.807, 2.05) is 27.3 Å². The average molecular weight is 318 g/mol. The van der Waals surface area contributed by atoms with Gasteiger partial charge in [-0.25, -0.2) is 4.79 Å². The zero-order valence-corrected chi connectivity index (χ0v) is 14.9. The SMILES string of the molecule is CCCC(CCC(C)C)n1c(=O)n(CCOC)c2ccccc21. The molecule has 0 aliphatic carbocycles. The second kappa shape index (κ2) is 8.34. The first-order valence-electron chi connectivity index (χ1n) is 8.78. The molecule has 1 unspecified atom stereocenters. The van der Waals surface area contributed by atoms with Gasteiger partial charge in [-0.3, -0.25) is 9.13 Å². The summed E-state index contributed by atoms with van der Waals surface area (Å²) in [5, 5.41) is 0. The van der Waals surface area contributed by atoms with Crippen LogP contribution in [0, 0.1) is 5.92 Å². The molecule has 0 amide bonds. The van der Waals surface area contributed by atoms with Crippen molar-refractivity contribution in [2.24, 2.45) is 5.92 Å². The normalized spacial score (nSPS) is 13.1. The van der Waals surface area contributed by atoms with Crippen molar-refractivity contribution >= 4 is 11.0 Å². The van der Waals surface area contributed by atoms with E-state index in [4.69, 9.17) is 4.74 Å². The quantitative estimate of drug-likeness (QED) is 0.694. The van der Waals surface area contributed by atoms with Crippen LogP contribution in [0.2, 0.25) is 0 Å². The Kier molecular flexibility index (Phi) is 6.46. The van der Waals surface area contributed by atoms with E-state index in [0.717, 1.165) is 36.7 Å². The van der Waals surface area contributed by atoms with Gasteiger partial charge < -0.3 is 4.74 Å². The molecular formula is C19H30N2O2. The number of methoxy groups -OCH3 is 1. The Morgan fingerprint density at radius 2 is 1.78 bits per heavy atom. The second-order valence-corrected chi connectivity index (χ2v) is 6.70. The minimum absolute atomic E-state index is 0.102. The maximum absolute atomic E-state index is 13.0. The first kappa shape index (κ1) is 17.8. The number of rotatable bonds is 9. The predicted molar refractivity (Wildman–Crippen MR) is 96.1 cm³/mol. The van der Waals surface area contributed by atoms with E-state index in [1.165, 1.54) is 0 Å². The van der Waals surface area contributed by atoms with Crippen molar-refractivity contribution < 1.29 is 4.74 Å². The van der Waals surface area contributed by atoms with E-state index in [2.05, 4.69) is 26.8 Å². The number of para-hydroxylation sites is 2. The van der Waals surface area contributed by atoms with Gasteiger partial charge in [-0.15, -0.1) is 0 Å². The van der Waals surface area contributed by atoms with Crippen molar-refractivity contribution in [3.05, 3.63) is 34.7 Å². The van der Waals surface area contributed by atoms with Crippen LogP contribution in [0.5, 0.6) is 0 Å². The third-order valence-corrected chi connectivity index (χ3v) is 4.45. The third-order valence-electron chi connectivity index (χ3n) is 4.45. The number of ether oxygens (including phenoxy) is 1. The standard InChI is InChI=1S/C19H30N2O2/c1-5-8-16(12-11-15(2)3)21-18-10-7-6-9-17(18)20(19(21)22)13-14-23-4/h6-7,9-10,15-16H,5,8,11-14H2,1-4H3. The fraction of sp³-hybridized carbons (Fsp3) is 0.632. The summed E-state index contributed by atoms with van der Waals surface area (Å²) in [7, 11) is 1.67. The van der Waals surface area contributed by atoms with Crippen LogP contribution in [0.25, 0.3) is 11.0 Å². The monoisotopic (exact) mass is 318 g/mol. The highest BCUT2D eigenvalue weighted by molar-refractivity contribution is 5.76. The fourth-order valence-electron chi connectivity index (χ4n) is 3.25. The molecule has 0 spiro atoms. The Balaban J connectivity index is 2.48. The molecule has 2 rings (SSSR count). The first-order chi connectivity index (χ1) is 11.1. The van der Waals surface area contributed by atoms with Gasteiger partial charge in [-0.2, -0.15) is 0 Å². The molecule has 1 aromatic heterocycles. The number of benzene rings is 1. The van der Waals surface area contributed by atoms with Gasteiger partial charge in [0.05, 0.1) is 24.2 Å². The van der Waals surface area contributed by atoms with Crippen LogP contribution in [0.4, 0.5) is 0 Å². The molecule has 4 nitrogen and oxygen atoms in total. The zero-order chi connectivity index (χ0) is 16.8. The fourth-order valence-corrected chi connectivity index (χ4v) is 3.25. The van der Waals surface area contributed by atoms with Crippen LogP contribution in [0.1, 0.15) is 52.5 Å². The molecule has 0 aliphatic rings. The minimum Gasteiger partial charge on any atom is -0.383 e. The van der Waals surface area contributed by atoms with Crippen molar-refractivity contribution in [3.8, 4) is 0 Å². The molecule has 1 aromatic carbocycles. The summed E-state index contributed by atoms with van der Waals surface area (Å²) in [4.78, 5) is 13.0. The van der Waals surface area contributed by atoms with E-state index >= 15 is 0 Å². The smallest absolute Gasteiger partial charge is 0.329 e. The molecule has 1 atom stereocenters. The summed E-state index contributed by atoms with van der Waals surface area (Å²) in [6.07, 6.45) is 4.34. The molecule has 0 saturated carbocycles. The van der Waals surface area contributed by atoms with E-state index in [9.17, 15) is 4.79 Å². The van der Waals surface area contributed by atoms with Gasteiger partial charge in [0.25, 0.3) is 0 Å². The van der Waals surface area contributed by atoms with Crippen LogP contribution in [-0.2, 0) is 11.3 Å². The van der Waals surface area contributed by atoms with Crippen LogP contribution >= 0.6 is 0 Å². The highest BCUT2D eigenvalue weighted by atomic mass is 16.5. The van der Waals surface area contributed by atoms with Gasteiger partial charge in [0.2, 0.25) is 0 Å². The highest BCUT2D eigenvalue weighted by Crippen LogP contribution is 2.25. The molecule has 0 radical (unpaired) electrons. The second-order valence-electron chi connectivity index (χ2n) is 6.70. The Morgan fingerprint density at radius 1 is 1.09 bits per heavy atom. The topological polar surface area (TPSA) is 36.2 Å². The third kappa shape index (κ3) is 4.05. The largest absolute Gasteiger partial charge is 0.383 e. The molecule has 0 aliphatic heterocycles. The molecule has 0 N–H and O–H groups in total. The number of imidazole rings is 1. The molecule has 0 saturated heterocycles. The van der Waals surface area contributed by atoms with E-state index in [0.29, 0.717) is 19.1 Å². The summed E-state index contributed by atoms with van der Waals surface area (Å²) in [6, 6.07) is 8.40. The van der Waals surface area contributed by atoms with E-state index < -0.39 is 0 Å². The molecule has 2 aromatic rings. The van der Waals surface area contributed by atoms with Crippen LogP contribution in [0.15, 0.2) is 29.1 Å². The number of aromatic nitrogens is 2. The maximum Gasteiger partial charge on any atom is 0.329 e. The lowest BCUT2D eigenvalue weighted by Crippen LogP contribution is -2.28. The number of fused-ring (bicyclic) bond motifs is 1. The average Bonchev–Trinajstić information content (AvgIpc) is 2.81. The van der Waals surface area contributed by atoms with E-state index in [1.54, 1.807) is 7.11 Å². The molecule has 4 heteroatoms. The van der Waals surface area contributed by atoms with E-state index in [-0.39, 0.29) is 11.7 Å². The van der Waals surface area contributed by atoms with Crippen molar-refractivity contribution in [1.29, 1.82) is 0 Å². The summed E-state index contributed by atoms with van der Waals surface area (Å²) >= 11 is 0. The lowest BCUT2D eigenvalue weighted by Gasteiger charge is -2.19. The lowest BCUT2D eigenvalue weighted by atomic mass is 10.00. The summed E-state index contributed by atoms with van der Waals surface area (Å²) in [5.74, 6) is 0.659. The predicted octanol–water partition coefficient (Wildman–Crippen LogP) is 4.23. The molecule has 0 fully saturated rings. The molecule has 0 bridgehead atoms. The van der Waals surface area contributed by atoms with Crippen LogP contribution < -0.4 is 5.69 Å². The van der Waals surface area contributed by atoms with Gasteiger partial charge in [0.15, 0.2) is 0 Å². The lowest BCUT2D eigenvalue weighted by molar-refractivity contribution is 0.187. The van der Waals surface area contributed by atoms with Gasteiger partial charge in [0, 0.05) is 13.2 Å². The number of nitrogens with zero attached hydrogens (tertiary/aromatic N) is 2. The van der Waals surface area contributed by atoms with Gasteiger partial charge in [-0.1, -0.05) is 39.3 Å². The van der Waals surface area contributed by atoms with Crippen molar-refractivity contribution in [2.75, 3.05) is 13.7 Å². The Hall–Kier alpha value is -1.55. The number of hydrogen-bond donors (Lipinski definition) is 0. The minimum atomic E-state index is 0.102. The van der Waals surface area contributed by atoms with Crippen LogP contribution in [-0.4, -0.2) is 22.9 Å². The first-order valence-corrected chi connectivity index (χ1v) is 8.78. The summed E-state index contributed by atoms with van der Waals surface area (Å²) in [5.41, 5.74) is 2.17. The van der Waals surface area contributed by atoms with Crippen LogP contribution in [0.3, 0.4) is 0 Å². The maximum atomic E-state index is 13.0. The Morgan fingerprint density at radius 3 is 2.39 bits per heavy atom. The number of hydrogen-bond acceptors (Lipinski definition) is 2. The zero-order valence-electron chi connectivity index (χ0n) is 14.9. The summed E-state index contributed by atoms with van der Waals surface area (Å²) in [6.45, 7) is 7.84.